The van der Waals surface area contributed by atoms with Crippen LogP contribution in [-0.4, -0.2) is 24.5 Å². The summed E-state index contributed by atoms with van der Waals surface area (Å²) in [4.78, 5) is 3.84. The molecule has 2 rings (SSSR count). The van der Waals surface area contributed by atoms with Crippen molar-refractivity contribution in [2.75, 3.05) is 19.6 Å². The Kier molecular flexibility index (Phi) is 3.56. The topological polar surface area (TPSA) is 29.3 Å². The fourth-order valence-electron chi connectivity index (χ4n) is 1.97. The van der Waals surface area contributed by atoms with E-state index in [9.17, 15) is 0 Å². The summed E-state index contributed by atoms with van der Waals surface area (Å²) in [5, 5.41) is 2.10. The van der Waals surface area contributed by atoms with Gasteiger partial charge in [-0.05, 0) is 50.3 Å². The molecule has 3 heteroatoms. The Bertz CT molecular complexity index is 252. The van der Waals surface area contributed by atoms with E-state index in [0.717, 1.165) is 6.42 Å². The number of nitrogens with two attached hydrogens (primary N) is 1. The Morgan fingerprint density at radius 1 is 1.43 bits per heavy atom. The number of rotatable bonds is 4. The fourth-order valence-corrected chi connectivity index (χ4v) is 2.74. The molecule has 1 unspecified atom stereocenters. The predicted molar refractivity (Wildman–Crippen MR) is 61.5 cm³/mol. The summed E-state index contributed by atoms with van der Waals surface area (Å²) in [6.45, 7) is 3.72. The van der Waals surface area contributed by atoms with E-state index in [1.807, 2.05) is 0 Å². The van der Waals surface area contributed by atoms with Crippen molar-refractivity contribution in [3.05, 3.63) is 22.4 Å². The maximum atomic E-state index is 6.10. The quantitative estimate of drug-likeness (QED) is 0.826. The van der Waals surface area contributed by atoms with Gasteiger partial charge in [0.1, 0.15) is 0 Å². The normalized spacial score (nSPS) is 20.1. The second-order valence-corrected chi connectivity index (χ2v) is 4.94. The maximum absolute atomic E-state index is 6.10. The zero-order valence-electron chi connectivity index (χ0n) is 8.48. The van der Waals surface area contributed by atoms with Crippen LogP contribution in [0.2, 0.25) is 0 Å². The number of likely N-dealkylation sites (tertiary alicyclic amines) is 1. The van der Waals surface area contributed by atoms with Crippen molar-refractivity contribution in [3.8, 4) is 0 Å². The zero-order valence-corrected chi connectivity index (χ0v) is 9.30. The average molecular weight is 210 g/mol. The highest BCUT2D eigenvalue weighted by Gasteiger charge is 2.13. The maximum Gasteiger partial charge on any atom is 0.0401 e. The van der Waals surface area contributed by atoms with Crippen molar-refractivity contribution in [2.24, 2.45) is 5.73 Å². The van der Waals surface area contributed by atoms with Crippen molar-refractivity contribution in [1.82, 2.24) is 4.90 Å². The Labute approximate surface area is 89.7 Å². The van der Waals surface area contributed by atoms with Gasteiger partial charge in [0.2, 0.25) is 0 Å². The Balaban J connectivity index is 1.74. The summed E-state index contributed by atoms with van der Waals surface area (Å²) in [5.41, 5.74) is 6.10. The minimum absolute atomic E-state index is 0.246. The molecule has 1 fully saturated rings. The lowest BCUT2D eigenvalue weighted by molar-refractivity contribution is 0.323. The first-order valence-electron chi connectivity index (χ1n) is 5.37. The van der Waals surface area contributed by atoms with Crippen molar-refractivity contribution in [2.45, 2.75) is 25.3 Å². The largest absolute Gasteiger partial charge is 0.323 e. The Morgan fingerprint density at radius 2 is 2.21 bits per heavy atom. The number of hydrogen-bond acceptors (Lipinski definition) is 3. The van der Waals surface area contributed by atoms with Gasteiger partial charge in [-0.1, -0.05) is 6.07 Å². The van der Waals surface area contributed by atoms with Crippen molar-refractivity contribution in [1.29, 1.82) is 0 Å². The van der Waals surface area contributed by atoms with Crippen LogP contribution in [0.3, 0.4) is 0 Å². The first kappa shape index (κ1) is 10.1. The van der Waals surface area contributed by atoms with Crippen LogP contribution in [0.5, 0.6) is 0 Å². The van der Waals surface area contributed by atoms with Crippen LogP contribution < -0.4 is 5.73 Å². The first-order chi connectivity index (χ1) is 6.86. The minimum atomic E-state index is 0.246. The van der Waals surface area contributed by atoms with Gasteiger partial charge in [0, 0.05) is 10.9 Å². The van der Waals surface area contributed by atoms with Gasteiger partial charge in [0.25, 0.3) is 0 Å². The van der Waals surface area contributed by atoms with E-state index in [-0.39, 0.29) is 6.04 Å². The summed E-state index contributed by atoms with van der Waals surface area (Å²) < 4.78 is 0. The van der Waals surface area contributed by atoms with E-state index < -0.39 is 0 Å². The third kappa shape index (κ3) is 2.56. The molecule has 78 valence electrons. The summed E-state index contributed by atoms with van der Waals surface area (Å²) in [5.74, 6) is 0. The highest BCUT2D eigenvalue weighted by atomic mass is 32.1. The van der Waals surface area contributed by atoms with Crippen LogP contribution in [0.4, 0.5) is 0 Å². The molecule has 1 aromatic heterocycles. The van der Waals surface area contributed by atoms with Crippen LogP contribution >= 0.6 is 11.3 Å². The molecule has 0 aliphatic carbocycles. The van der Waals surface area contributed by atoms with Gasteiger partial charge < -0.3 is 10.6 Å². The molecule has 0 amide bonds. The van der Waals surface area contributed by atoms with Gasteiger partial charge in [0.15, 0.2) is 0 Å². The van der Waals surface area contributed by atoms with E-state index in [4.69, 9.17) is 5.73 Å². The molecule has 0 bridgehead atoms. The molecule has 1 aromatic rings. The molecule has 1 aliphatic heterocycles. The third-order valence-electron chi connectivity index (χ3n) is 2.86. The van der Waals surface area contributed by atoms with E-state index in [2.05, 4.69) is 22.4 Å². The molecular weight excluding hydrogens is 192 g/mol. The van der Waals surface area contributed by atoms with Crippen LogP contribution in [-0.2, 0) is 0 Å². The van der Waals surface area contributed by atoms with Gasteiger partial charge in [-0.3, -0.25) is 0 Å². The van der Waals surface area contributed by atoms with Crippen molar-refractivity contribution in [3.63, 3.8) is 0 Å². The van der Waals surface area contributed by atoms with Gasteiger partial charge >= 0.3 is 0 Å². The fraction of sp³-hybridized carbons (Fsp3) is 0.636. The van der Waals surface area contributed by atoms with Crippen LogP contribution in [0.1, 0.15) is 30.2 Å². The zero-order chi connectivity index (χ0) is 9.80. The lowest BCUT2D eigenvalue weighted by Crippen LogP contribution is -2.24. The standard InChI is InChI=1S/C11H18N2S/c12-10(11-4-3-9-14-11)5-8-13-6-1-2-7-13/h3-4,9-10H,1-2,5-8,12H2. The minimum Gasteiger partial charge on any atom is -0.323 e. The summed E-state index contributed by atoms with van der Waals surface area (Å²) in [6, 6.07) is 4.46. The molecule has 1 saturated heterocycles. The summed E-state index contributed by atoms with van der Waals surface area (Å²) in [6.07, 6.45) is 3.84. The van der Waals surface area contributed by atoms with Crippen molar-refractivity contribution >= 4 is 11.3 Å². The van der Waals surface area contributed by atoms with Gasteiger partial charge in [-0.25, -0.2) is 0 Å². The molecule has 2 N–H and O–H groups in total. The average Bonchev–Trinajstić information content (AvgIpc) is 2.87. The summed E-state index contributed by atoms with van der Waals surface area (Å²) >= 11 is 1.77. The lowest BCUT2D eigenvalue weighted by Gasteiger charge is -2.17. The SMILES string of the molecule is NC(CCN1CCCC1)c1cccs1. The van der Waals surface area contributed by atoms with Gasteiger partial charge in [-0.2, -0.15) is 0 Å². The Hall–Kier alpha value is -0.380. The number of thiophene rings is 1. The molecule has 0 saturated carbocycles. The monoisotopic (exact) mass is 210 g/mol. The third-order valence-corrected chi connectivity index (χ3v) is 3.87. The first-order valence-corrected chi connectivity index (χ1v) is 6.25. The molecule has 2 heterocycles. The Morgan fingerprint density at radius 3 is 2.86 bits per heavy atom. The lowest BCUT2D eigenvalue weighted by atomic mass is 10.2. The smallest absolute Gasteiger partial charge is 0.0401 e. The van der Waals surface area contributed by atoms with E-state index >= 15 is 0 Å². The molecule has 1 atom stereocenters. The molecule has 0 radical (unpaired) electrons. The second-order valence-electron chi connectivity index (χ2n) is 3.96. The van der Waals surface area contributed by atoms with E-state index in [0.29, 0.717) is 0 Å². The van der Waals surface area contributed by atoms with E-state index in [1.54, 1.807) is 11.3 Å². The molecule has 2 nitrogen and oxygen atoms in total. The molecule has 0 aromatic carbocycles. The van der Waals surface area contributed by atoms with E-state index in [1.165, 1.54) is 37.4 Å². The molecule has 14 heavy (non-hydrogen) atoms. The molecule has 1 aliphatic rings. The van der Waals surface area contributed by atoms with Crippen LogP contribution in [0, 0.1) is 0 Å². The van der Waals surface area contributed by atoms with Crippen LogP contribution in [0.15, 0.2) is 17.5 Å². The highest BCUT2D eigenvalue weighted by molar-refractivity contribution is 7.10. The highest BCUT2D eigenvalue weighted by Crippen LogP contribution is 2.20. The summed E-state index contributed by atoms with van der Waals surface area (Å²) in [7, 11) is 0. The number of nitrogens with zero attached hydrogens (tertiary/aromatic N) is 1. The number of hydrogen-bond donors (Lipinski definition) is 1. The van der Waals surface area contributed by atoms with Crippen molar-refractivity contribution < 1.29 is 0 Å². The van der Waals surface area contributed by atoms with Gasteiger partial charge in [-0.15, -0.1) is 11.3 Å². The predicted octanol–water partition coefficient (Wildman–Crippen LogP) is 2.23. The van der Waals surface area contributed by atoms with Crippen LogP contribution in [0.25, 0.3) is 0 Å². The van der Waals surface area contributed by atoms with Gasteiger partial charge in [0.05, 0.1) is 0 Å². The second kappa shape index (κ2) is 4.91. The molecular formula is C11H18N2S. The molecule has 0 spiro atoms.